The summed E-state index contributed by atoms with van der Waals surface area (Å²) in [6.07, 6.45) is 3.67. The first-order chi connectivity index (χ1) is 20.0. The smallest absolute Gasteiger partial charge is 0.323 e. The zero-order valence-corrected chi connectivity index (χ0v) is 23.9. The van der Waals surface area contributed by atoms with Crippen molar-refractivity contribution < 1.29 is 23.5 Å². The first-order valence-corrected chi connectivity index (χ1v) is 14.2. The van der Waals surface area contributed by atoms with Crippen molar-refractivity contribution in [1.82, 2.24) is 19.9 Å². The Hall–Kier alpha value is -4.32. The maximum absolute atomic E-state index is 15.5. The second-order valence-corrected chi connectivity index (χ2v) is 12.1. The molecule has 2 aromatic heterocycles. The Morgan fingerprint density at radius 2 is 2.00 bits per heavy atom. The average Bonchev–Trinajstić information content (AvgIpc) is 3.41. The van der Waals surface area contributed by atoms with E-state index >= 15 is 4.39 Å². The fourth-order valence-electron chi connectivity index (χ4n) is 6.43. The van der Waals surface area contributed by atoms with Gasteiger partial charge in [0.15, 0.2) is 0 Å². The molecule has 5 heterocycles. The molecule has 3 aromatic rings. The van der Waals surface area contributed by atoms with Crippen LogP contribution in [-0.4, -0.2) is 74.8 Å². The van der Waals surface area contributed by atoms with Crippen molar-refractivity contribution in [3.05, 3.63) is 53.6 Å². The summed E-state index contributed by atoms with van der Waals surface area (Å²) in [6, 6.07) is 7.13. The van der Waals surface area contributed by atoms with Gasteiger partial charge < -0.3 is 29.9 Å². The molecular formula is C30H32FN7O4. The van der Waals surface area contributed by atoms with Gasteiger partial charge in [0, 0.05) is 49.1 Å². The number of morpholine rings is 1. The van der Waals surface area contributed by atoms with Crippen LogP contribution < -0.4 is 20.3 Å². The molecule has 3 atom stereocenters. The summed E-state index contributed by atoms with van der Waals surface area (Å²) in [4.78, 5) is 44.1. The number of amides is 3. The van der Waals surface area contributed by atoms with Crippen LogP contribution in [0.1, 0.15) is 49.7 Å². The maximum atomic E-state index is 15.5. The van der Waals surface area contributed by atoms with Gasteiger partial charge >= 0.3 is 6.03 Å². The second-order valence-electron chi connectivity index (χ2n) is 12.1. The standard InChI is InChI=1S/C30H32FN7O4/c1-5-37-15-29(3,4)42-25-23(26(37)39)24(35-27(36-25)38-14-19-12-30(38)13-22(30)41-19)17-6-7-21(20(31)11-17)34-28(40)33-18-8-9-32-16(2)10-18/h6-11,19,22H,5,12-15H2,1-4H3,(H2,32,33,34,40). The highest BCUT2D eigenvalue weighted by atomic mass is 19.1. The predicted octanol–water partition coefficient (Wildman–Crippen LogP) is 4.38. The fourth-order valence-corrected chi connectivity index (χ4v) is 6.43. The molecule has 42 heavy (non-hydrogen) atoms. The number of anilines is 3. The first-order valence-electron chi connectivity index (χ1n) is 14.2. The molecule has 2 N–H and O–H groups in total. The van der Waals surface area contributed by atoms with Gasteiger partial charge in [-0.3, -0.25) is 9.78 Å². The number of hydrogen-bond acceptors (Lipinski definition) is 8. The highest BCUT2D eigenvalue weighted by molar-refractivity contribution is 6.03. The number of nitrogens with one attached hydrogen (secondary N) is 2. The molecule has 3 fully saturated rings. The molecule has 1 spiro atoms. The third kappa shape index (κ3) is 4.41. The number of carbonyl (C=O) groups excluding carboxylic acids is 2. The van der Waals surface area contributed by atoms with Gasteiger partial charge in [-0.15, -0.1) is 0 Å². The number of halogens is 1. The molecule has 11 nitrogen and oxygen atoms in total. The monoisotopic (exact) mass is 573 g/mol. The Morgan fingerprint density at radius 1 is 1.17 bits per heavy atom. The lowest BCUT2D eigenvalue weighted by molar-refractivity contribution is 0.0541. The lowest BCUT2D eigenvalue weighted by atomic mass is 10.0. The minimum Gasteiger partial charge on any atom is -0.469 e. The molecule has 3 amide bonds. The molecule has 0 radical (unpaired) electrons. The van der Waals surface area contributed by atoms with Gasteiger partial charge in [-0.2, -0.15) is 4.98 Å². The molecule has 7 rings (SSSR count). The highest BCUT2D eigenvalue weighted by Crippen LogP contribution is 2.59. The molecule has 2 saturated heterocycles. The van der Waals surface area contributed by atoms with Crippen molar-refractivity contribution in [3.63, 3.8) is 0 Å². The quantitative estimate of drug-likeness (QED) is 0.461. The molecule has 3 aliphatic heterocycles. The summed E-state index contributed by atoms with van der Waals surface area (Å²) in [6.45, 7) is 9.02. The van der Waals surface area contributed by atoms with Gasteiger partial charge in [0.05, 0.1) is 35.7 Å². The first kappa shape index (κ1) is 26.6. The van der Waals surface area contributed by atoms with Gasteiger partial charge in [0.25, 0.3) is 5.91 Å². The molecule has 1 aliphatic carbocycles. The summed E-state index contributed by atoms with van der Waals surface area (Å²) in [5.41, 5.74) is 1.28. The van der Waals surface area contributed by atoms with Crippen molar-refractivity contribution in [1.29, 1.82) is 0 Å². The normalized spacial score (nSPS) is 24.9. The van der Waals surface area contributed by atoms with Crippen LogP contribution in [0.15, 0.2) is 36.5 Å². The lowest BCUT2D eigenvalue weighted by Gasteiger charge is -2.29. The molecule has 4 aliphatic rings. The number of carbonyl (C=O) groups is 2. The van der Waals surface area contributed by atoms with Crippen molar-refractivity contribution in [2.45, 2.75) is 63.9 Å². The van der Waals surface area contributed by atoms with E-state index in [4.69, 9.17) is 19.4 Å². The van der Waals surface area contributed by atoms with Crippen LogP contribution in [0.25, 0.3) is 11.3 Å². The van der Waals surface area contributed by atoms with Crippen LogP contribution in [-0.2, 0) is 4.74 Å². The number of likely N-dealkylation sites (N-methyl/N-ethyl adjacent to an activating group) is 1. The largest absolute Gasteiger partial charge is 0.469 e. The molecule has 2 bridgehead atoms. The van der Waals surface area contributed by atoms with Crippen molar-refractivity contribution >= 4 is 29.3 Å². The number of ether oxygens (including phenoxy) is 2. The summed E-state index contributed by atoms with van der Waals surface area (Å²) in [5, 5.41) is 5.23. The van der Waals surface area contributed by atoms with Crippen LogP contribution in [0.5, 0.6) is 5.88 Å². The predicted molar refractivity (Wildman–Crippen MR) is 153 cm³/mol. The number of aryl methyl sites for hydroxylation is 1. The zero-order chi connectivity index (χ0) is 29.4. The van der Waals surface area contributed by atoms with Gasteiger partial charge in [-0.05, 0) is 52.0 Å². The Labute approximate surface area is 242 Å². The molecule has 218 valence electrons. The van der Waals surface area contributed by atoms with Gasteiger partial charge in [0.2, 0.25) is 11.8 Å². The molecule has 12 heteroatoms. The van der Waals surface area contributed by atoms with Gasteiger partial charge in [-0.25, -0.2) is 14.2 Å². The van der Waals surface area contributed by atoms with E-state index in [1.165, 1.54) is 12.1 Å². The van der Waals surface area contributed by atoms with Crippen molar-refractivity contribution in [2.24, 2.45) is 0 Å². The number of pyridine rings is 1. The minimum atomic E-state index is -0.701. The number of urea groups is 1. The number of fused-ring (bicyclic) bond motifs is 2. The third-order valence-electron chi connectivity index (χ3n) is 8.42. The van der Waals surface area contributed by atoms with E-state index in [1.807, 2.05) is 27.7 Å². The second kappa shape index (κ2) is 9.35. The number of benzene rings is 1. The van der Waals surface area contributed by atoms with Crippen LogP contribution >= 0.6 is 0 Å². The maximum Gasteiger partial charge on any atom is 0.323 e. The Morgan fingerprint density at radius 3 is 2.71 bits per heavy atom. The Bertz CT molecular complexity index is 1630. The van der Waals surface area contributed by atoms with E-state index in [1.54, 1.807) is 29.3 Å². The molecule has 1 aromatic carbocycles. The van der Waals surface area contributed by atoms with Crippen molar-refractivity contribution in [2.75, 3.05) is 35.2 Å². The van der Waals surface area contributed by atoms with Crippen LogP contribution in [0.4, 0.5) is 26.5 Å². The summed E-state index contributed by atoms with van der Waals surface area (Å²) in [5.74, 6) is -0.317. The number of hydrogen-bond donors (Lipinski definition) is 2. The summed E-state index contributed by atoms with van der Waals surface area (Å²) < 4.78 is 27.9. The van der Waals surface area contributed by atoms with E-state index in [0.717, 1.165) is 18.5 Å². The fraction of sp³-hybridized carbons (Fsp3) is 0.433. The highest BCUT2D eigenvalue weighted by Gasteiger charge is 2.70. The minimum absolute atomic E-state index is 0.0185. The van der Waals surface area contributed by atoms with E-state index < -0.39 is 17.4 Å². The Balaban J connectivity index is 1.26. The molecule has 1 saturated carbocycles. The van der Waals surface area contributed by atoms with Crippen LogP contribution in [0, 0.1) is 12.7 Å². The zero-order valence-electron chi connectivity index (χ0n) is 23.9. The van der Waals surface area contributed by atoms with Gasteiger partial charge in [0.1, 0.15) is 17.0 Å². The lowest BCUT2D eigenvalue weighted by Crippen LogP contribution is -2.42. The van der Waals surface area contributed by atoms with Crippen LogP contribution in [0.2, 0.25) is 0 Å². The summed E-state index contributed by atoms with van der Waals surface area (Å²) >= 11 is 0. The molecular weight excluding hydrogens is 541 g/mol. The van der Waals surface area contributed by atoms with E-state index in [2.05, 4.69) is 20.5 Å². The average molecular weight is 574 g/mol. The van der Waals surface area contributed by atoms with E-state index in [0.29, 0.717) is 36.8 Å². The van der Waals surface area contributed by atoms with Gasteiger partial charge in [-0.1, -0.05) is 6.07 Å². The van der Waals surface area contributed by atoms with Crippen LogP contribution in [0.3, 0.4) is 0 Å². The topological polar surface area (TPSA) is 122 Å². The summed E-state index contributed by atoms with van der Waals surface area (Å²) in [7, 11) is 0. The number of rotatable bonds is 5. The van der Waals surface area contributed by atoms with Crippen molar-refractivity contribution in [3.8, 4) is 17.1 Å². The Kier molecular flexibility index (Phi) is 5.91. The molecule has 3 unspecified atom stereocenters. The number of nitrogens with zero attached hydrogens (tertiary/aromatic N) is 5. The van der Waals surface area contributed by atoms with E-state index in [-0.39, 0.29) is 46.5 Å². The van der Waals surface area contributed by atoms with E-state index in [9.17, 15) is 9.59 Å². The SMILES string of the molecule is CCN1CC(C)(C)Oc2nc(N3CC4CC35CC5O4)nc(-c3ccc(NC(=O)Nc4ccnc(C)c4)c(F)c3)c2C1=O. The third-order valence-corrected chi connectivity index (χ3v) is 8.42. The number of aromatic nitrogens is 3.